The molecule has 2 aromatic rings. The molecule has 5 heteroatoms. The highest BCUT2D eigenvalue weighted by atomic mass is 79.9. The van der Waals surface area contributed by atoms with Crippen molar-refractivity contribution in [1.82, 2.24) is 9.97 Å². The van der Waals surface area contributed by atoms with Crippen LogP contribution in [0.3, 0.4) is 0 Å². The van der Waals surface area contributed by atoms with E-state index in [2.05, 4.69) is 25.9 Å². The molecule has 0 aliphatic rings. The van der Waals surface area contributed by atoms with E-state index in [1.54, 1.807) is 17.8 Å². The maximum absolute atomic E-state index is 5.68. The molecule has 0 aliphatic heterocycles. The van der Waals surface area contributed by atoms with Crippen LogP contribution in [0.25, 0.3) is 0 Å². The molecule has 0 unspecified atom stereocenters. The Labute approximate surface area is 106 Å². The summed E-state index contributed by atoms with van der Waals surface area (Å²) in [7, 11) is 0. The van der Waals surface area contributed by atoms with Crippen LogP contribution >= 0.6 is 27.7 Å². The molecule has 3 nitrogen and oxygen atoms in total. The predicted octanol–water partition coefficient (Wildman–Crippen LogP) is 3.75. The number of halogens is 1. The molecular weight excluding hydrogens is 288 g/mol. The van der Waals surface area contributed by atoms with E-state index < -0.39 is 0 Å². The van der Waals surface area contributed by atoms with Crippen LogP contribution < -0.4 is 4.74 Å². The molecular formula is C11H9BrN2OS. The summed E-state index contributed by atoms with van der Waals surface area (Å²) in [5.41, 5.74) is 0. The summed E-state index contributed by atoms with van der Waals surface area (Å²) in [6.45, 7) is 0. The normalized spacial score (nSPS) is 10.1. The first-order valence-electron chi connectivity index (χ1n) is 4.58. The Bertz CT molecular complexity index is 493. The zero-order valence-electron chi connectivity index (χ0n) is 8.55. The highest BCUT2D eigenvalue weighted by Crippen LogP contribution is 2.30. The summed E-state index contributed by atoms with van der Waals surface area (Å²) >= 11 is 4.91. The first-order chi connectivity index (χ1) is 7.79. The van der Waals surface area contributed by atoms with Gasteiger partial charge < -0.3 is 4.74 Å². The molecule has 0 radical (unpaired) electrons. The van der Waals surface area contributed by atoms with Gasteiger partial charge in [-0.15, -0.1) is 11.8 Å². The smallest absolute Gasteiger partial charge is 0.223 e. The van der Waals surface area contributed by atoms with E-state index in [-0.39, 0.29) is 0 Å². The van der Waals surface area contributed by atoms with Crippen LogP contribution in [-0.4, -0.2) is 16.2 Å². The van der Waals surface area contributed by atoms with Gasteiger partial charge in [-0.2, -0.15) is 0 Å². The molecule has 0 N–H and O–H groups in total. The first-order valence-corrected chi connectivity index (χ1v) is 6.60. The average Bonchev–Trinajstić information content (AvgIpc) is 2.30. The van der Waals surface area contributed by atoms with Gasteiger partial charge >= 0.3 is 0 Å². The van der Waals surface area contributed by atoms with Gasteiger partial charge in [-0.25, -0.2) is 9.97 Å². The van der Waals surface area contributed by atoms with Crippen LogP contribution in [0.1, 0.15) is 0 Å². The predicted molar refractivity (Wildman–Crippen MR) is 68.0 cm³/mol. The van der Waals surface area contributed by atoms with Gasteiger partial charge in [0, 0.05) is 11.0 Å². The van der Waals surface area contributed by atoms with Gasteiger partial charge in [0.1, 0.15) is 16.7 Å². The number of ether oxygens (including phenoxy) is 1. The fraction of sp³-hybridized carbons (Fsp3) is 0.0909. The SMILES string of the molecule is CSc1ccccc1Oc1cc(Br)ncn1. The molecule has 0 saturated heterocycles. The van der Waals surface area contributed by atoms with Crippen molar-refractivity contribution < 1.29 is 4.74 Å². The standard InChI is InChI=1S/C11H9BrN2OS/c1-16-9-5-3-2-4-8(9)15-11-6-10(12)13-7-14-11/h2-7H,1H3. The second kappa shape index (κ2) is 5.32. The minimum absolute atomic E-state index is 0.531. The highest BCUT2D eigenvalue weighted by molar-refractivity contribution is 9.10. The Balaban J connectivity index is 2.26. The lowest BCUT2D eigenvalue weighted by Gasteiger charge is -2.07. The summed E-state index contributed by atoms with van der Waals surface area (Å²) in [6.07, 6.45) is 3.47. The number of hydrogen-bond acceptors (Lipinski definition) is 4. The Hall–Kier alpha value is -1.07. The average molecular weight is 297 g/mol. The third-order valence-electron chi connectivity index (χ3n) is 1.89. The molecule has 2 rings (SSSR count). The third kappa shape index (κ3) is 2.74. The van der Waals surface area contributed by atoms with Crippen molar-refractivity contribution >= 4 is 27.7 Å². The quantitative estimate of drug-likeness (QED) is 0.638. The van der Waals surface area contributed by atoms with Crippen LogP contribution in [0, 0.1) is 0 Å². The molecule has 0 atom stereocenters. The van der Waals surface area contributed by atoms with Gasteiger partial charge in [-0.05, 0) is 34.3 Å². The van der Waals surface area contributed by atoms with E-state index in [4.69, 9.17) is 4.74 Å². The molecule has 0 amide bonds. The number of aromatic nitrogens is 2. The lowest BCUT2D eigenvalue weighted by molar-refractivity contribution is 0.450. The Morgan fingerprint density at radius 3 is 2.81 bits per heavy atom. The van der Waals surface area contributed by atoms with E-state index in [9.17, 15) is 0 Å². The molecule has 1 aromatic carbocycles. The molecule has 1 aromatic heterocycles. The van der Waals surface area contributed by atoms with Crippen molar-refractivity contribution in [2.24, 2.45) is 0 Å². The molecule has 0 aliphatic carbocycles. The Morgan fingerprint density at radius 2 is 2.06 bits per heavy atom. The number of hydrogen-bond donors (Lipinski definition) is 0. The van der Waals surface area contributed by atoms with Crippen molar-refractivity contribution in [3.8, 4) is 11.6 Å². The van der Waals surface area contributed by atoms with Crippen LogP contribution in [0.5, 0.6) is 11.6 Å². The topological polar surface area (TPSA) is 35.0 Å². The van der Waals surface area contributed by atoms with E-state index >= 15 is 0 Å². The van der Waals surface area contributed by atoms with E-state index in [0.29, 0.717) is 10.5 Å². The second-order valence-electron chi connectivity index (χ2n) is 2.93. The van der Waals surface area contributed by atoms with Crippen molar-refractivity contribution in [3.63, 3.8) is 0 Å². The number of para-hydroxylation sites is 1. The molecule has 0 fully saturated rings. The van der Waals surface area contributed by atoms with E-state index in [0.717, 1.165) is 10.6 Å². The fourth-order valence-corrected chi connectivity index (χ4v) is 2.00. The monoisotopic (exact) mass is 296 g/mol. The van der Waals surface area contributed by atoms with Gasteiger partial charge in [0.2, 0.25) is 5.88 Å². The van der Waals surface area contributed by atoms with Gasteiger partial charge in [0.05, 0.1) is 0 Å². The molecule has 82 valence electrons. The minimum Gasteiger partial charge on any atom is -0.438 e. The summed E-state index contributed by atoms with van der Waals surface area (Å²) in [6, 6.07) is 9.58. The van der Waals surface area contributed by atoms with Crippen molar-refractivity contribution in [3.05, 3.63) is 41.3 Å². The number of nitrogens with zero attached hydrogens (tertiary/aromatic N) is 2. The van der Waals surface area contributed by atoms with Crippen LogP contribution in [-0.2, 0) is 0 Å². The van der Waals surface area contributed by atoms with E-state index in [1.807, 2.05) is 30.5 Å². The first kappa shape index (κ1) is 11.4. The molecule has 0 bridgehead atoms. The zero-order valence-corrected chi connectivity index (χ0v) is 11.0. The molecule has 0 spiro atoms. The lowest BCUT2D eigenvalue weighted by Crippen LogP contribution is -1.90. The Kier molecular flexibility index (Phi) is 3.79. The summed E-state index contributed by atoms with van der Waals surface area (Å²) in [5, 5.41) is 0. The zero-order chi connectivity index (χ0) is 11.4. The molecule has 16 heavy (non-hydrogen) atoms. The van der Waals surface area contributed by atoms with Crippen LogP contribution in [0.15, 0.2) is 46.2 Å². The summed E-state index contributed by atoms with van der Waals surface area (Å²) in [4.78, 5) is 9.06. The summed E-state index contributed by atoms with van der Waals surface area (Å²) in [5.74, 6) is 1.34. The third-order valence-corrected chi connectivity index (χ3v) is 3.10. The maximum atomic E-state index is 5.68. The van der Waals surface area contributed by atoms with Gasteiger partial charge in [0.15, 0.2) is 0 Å². The molecule has 0 saturated carbocycles. The van der Waals surface area contributed by atoms with Crippen molar-refractivity contribution in [2.75, 3.05) is 6.26 Å². The fourth-order valence-electron chi connectivity index (χ4n) is 1.19. The second-order valence-corrected chi connectivity index (χ2v) is 4.59. The Morgan fingerprint density at radius 1 is 1.25 bits per heavy atom. The number of benzene rings is 1. The maximum Gasteiger partial charge on any atom is 0.223 e. The molecule has 1 heterocycles. The van der Waals surface area contributed by atoms with Gasteiger partial charge in [-0.3, -0.25) is 0 Å². The number of thioether (sulfide) groups is 1. The van der Waals surface area contributed by atoms with Crippen LogP contribution in [0.4, 0.5) is 0 Å². The summed E-state index contributed by atoms with van der Waals surface area (Å²) < 4.78 is 6.39. The van der Waals surface area contributed by atoms with E-state index in [1.165, 1.54) is 6.33 Å². The van der Waals surface area contributed by atoms with Crippen molar-refractivity contribution in [1.29, 1.82) is 0 Å². The highest BCUT2D eigenvalue weighted by Gasteiger charge is 2.04. The van der Waals surface area contributed by atoms with Crippen molar-refractivity contribution in [2.45, 2.75) is 4.90 Å². The van der Waals surface area contributed by atoms with Crippen LogP contribution in [0.2, 0.25) is 0 Å². The van der Waals surface area contributed by atoms with Gasteiger partial charge in [0.25, 0.3) is 0 Å². The lowest BCUT2D eigenvalue weighted by atomic mass is 10.3. The minimum atomic E-state index is 0.531. The number of rotatable bonds is 3. The largest absolute Gasteiger partial charge is 0.438 e. The van der Waals surface area contributed by atoms with Gasteiger partial charge in [-0.1, -0.05) is 12.1 Å².